The van der Waals surface area contributed by atoms with Gasteiger partial charge in [0.05, 0.1) is 0 Å². The van der Waals surface area contributed by atoms with Crippen LogP contribution in [0.2, 0.25) is 10.1 Å². The van der Waals surface area contributed by atoms with Crippen LogP contribution in [0.3, 0.4) is 0 Å². The summed E-state index contributed by atoms with van der Waals surface area (Å²) in [4.78, 5) is 0. The molecule has 0 N–H and O–H groups in total. The summed E-state index contributed by atoms with van der Waals surface area (Å²) in [5.74, 6) is 2.31. The van der Waals surface area contributed by atoms with Crippen LogP contribution in [-0.2, 0) is 17.7 Å². The van der Waals surface area contributed by atoms with Gasteiger partial charge in [0.15, 0.2) is 0 Å². The lowest BCUT2D eigenvalue weighted by molar-refractivity contribution is 0.228. The maximum atomic E-state index is 5.73. The molecular weight excluding hydrogens is 401 g/mol. The molecule has 0 amide bonds. The van der Waals surface area contributed by atoms with Crippen molar-refractivity contribution in [3.63, 3.8) is 0 Å². The summed E-state index contributed by atoms with van der Waals surface area (Å²) in [5, 5.41) is 0.496. The minimum absolute atomic E-state index is 0.248. The summed E-state index contributed by atoms with van der Waals surface area (Å²) in [7, 11) is 8.01. The Morgan fingerprint density at radius 1 is 0.577 bits per heavy atom. The fourth-order valence-electron chi connectivity index (χ4n) is 3.91. The highest BCUT2D eigenvalue weighted by Gasteiger charge is 2.40. The van der Waals surface area contributed by atoms with Crippen molar-refractivity contribution in [3.8, 4) is 0 Å². The van der Waals surface area contributed by atoms with E-state index in [1.54, 1.807) is 0 Å². The first-order valence-electron chi connectivity index (χ1n) is 9.85. The predicted octanol–water partition coefficient (Wildman–Crippen LogP) is 5.30. The van der Waals surface area contributed by atoms with Crippen molar-refractivity contribution in [2.75, 3.05) is 39.9 Å². The van der Waals surface area contributed by atoms with Crippen molar-refractivity contribution < 1.29 is 17.7 Å². The number of hydrogen-bond donors (Lipinski definition) is 0. The van der Waals surface area contributed by atoms with E-state index in [0.717, 1.165) is 37.2 Å². The largest absolute Gasteiger partial charge is 0.400 e. The zero-order valence-electron chi connectivity index (χ0n) is 18.3. The average molecular weight is 443 g/mol. The standard InChI is InChI=1S/C18H42O4S2Si2/c1-9-17(10-2,25(19-5)20-6)13-15-23-24-16-14-18(11-3,12-4)26(21-7)22-8/h25-26H,9-16H2,1-8H3. The molecule has 26 heavy (non-hydrogen) atoms. The number of rotatable bonds is 17. The molecule has 0 heterocycles. The first-order valence-corrected chi connectivity index (χ1v) is 15.4. The molecule has 0 atom stereocenters. The molecule has 0 spiro atoms. The Labute approximate surface area is 173 Å². The van der Waals surface area contributed by atoms with Gasteiger partial charge in [-0.2, -0.15) is 0 Å². The third-order valence-corrected chi connectivity index (χ3v) is 14.5. The van der Waals surface area contributed by atoms with Gasteiger partial charge in [0.1, 0.15) is 0 Å². The summed E-state index contributed by atoms with van der Waals surface area (Å²) >= 11 is 0. The molecule has 0 fully saturated rings. The molecule has 0 saturated heterocycles. The summed E-state index contributed by atoms with van der Waals surface area (Å²) in [5.41, 5.74) is 0. The third-order valence-electron chi connectivity index (χ3n) is 6.12. The molecule has 0 rings (SSSR count). The van der Waals surface area contributed by atoms with E-state index >= 15 is 0 Å². The molecule has 0 saturated carbocycles. The Hall–Kier alpha value is 0.974. The molecule has 0 aromatic carbocycles. The second-order valence-corrected chi connectivity index (χ2v) is 15.3. The Morgan fingerprint density at radius 2 is 0.846 bits per heavy atom. The van der Waals surface area contributed by atoms with Gasteiger partial charge in [-0.1, -0.05) is 49.3 Å². The normalized spacial score (nSPS) is 13.2. The van der Waals surface area contributed by atoms with Gasteiger partial charge in [-0.15, -0.1) is 0 Å². The molecular formula is C18H42O4S2Si2. The summed E-state index contributed by atoms with van der Waals surface area (Å²) in [6.07, 6.45) is 6.90. The Morgan fingerprint density at radius 3 is 1.04 bits per heavy atom. The molecule has 0 bridgehead atoms. The maximum absolute atomic E-state index is 5.73. The van der Waals surface area contributed by atoms with E-state index in [1.165, 1.54) is 12.8 Å². The van der Waals surface area contributed by atoms with E-state index in [0.29, 0.717) is 0 Å². The molecule has 0 aromatic rings. The van der Waals surface area contributed by atoms with Crippen LogP contribution in [-0.4, -0.2) is 58.5 Å². The fraction of sp³-hybridized carbons (Fsp3) is 1.00. The van der Waals surface area contributed by atoms with Gasteiger partial charge in [-0.3, -0.25) is 0 Å². The molecule has 0 aliphatic heterocycles. The Balaban J connectivity index is 4.47. The minimum atomic E-state index is -1.61. The van der Waals surface area contributed by atoms with Crippen LogP contribution in [0.1, 0.15) is 66.2 Å². The first kappa shape index (κ1) is 27.0. The van der Waals surface area contributed by atoms with Crippen molar-refractivity contribution in [2.24, 2.45) is 0 Å². The molecule has 4 nitrogen and oxygen atoms in total. The zero-order chi connectivity index (χ0) is 20.1. The van der Waals surface area contributed by atoms with E-state index in [2.05, 4.69) is 27.7 Å². The van der Waals surface area contributed by atoms with Gasteiger partial charge < -0.3 is 17.7 Å². The van der Waals surface area contributed by atoms with E-state index in [9.17, 15) is 0 Å². The maximum Gasteiger partial charge on any atom is 0.327 e. The molecule has 0 aliphatic rings. The van der Waals surface area contributed by atoms with Crippen LogP contribution in [0.5, 0.6) is 0 Å². The van der Waals surface area contributed by atoms with E-state index in [1.807, 2.05) is 50.0 Å². The van der Waals surface area contributed by atoms with Gasteiger partial charge in [0.2, 0.25) is 0 Å². The molecule has 0 unspecified atom stereocenters. The monoisotopic (exact) mass is 442 g/mol. The second kappa shape index (κ2) is 14.9. The first-order chi connectivity index (χ1) is 12.5. The van der Waals surface area contributed by atoms with Crippen molar-refractivity contribution in [2.45, 2.75) is 76.3 Å². The lowest BCUT2D eigenvalue weighted by Gasteiger charge is -2.36. The van der Waals surface area contributed by atoms with Gasteiger partial charge >= 0.3 is 18.6 Å². The number of hydrogen-bond acceptors (Lipinski definition) is 6. The van der Waals surface area contributed by atoms with Crippen LogP contribution in [0.15, 0.2) is 0 Å². The van der Waals surface area contributed by atoms with Gasteiger partial charge in [-0.25, -0.2) is 0 Å². The van der Waals surface area contributed by atoms with Gasteiger partial charge in [0, 0.05) is 50.0 Å². The van der Waals surface area contributed by atoms with Gasteiger partial charge in [0.25, 0.3) is 0 Å². The predicted molar refractivity (Wildman–Crippen MR) is 123 cm³/mol. The molecule has 0 aromatic heterocycles. The minimum Gasteiger partial charge on any atom is -0.400 e. The van der Waals surface area contributed by atoms with E-state index in [4.69, 9.17) is 17.7 Å². The van der Waals surface area contributed by atoms with Crippen molar-refractivity contribution in [1.29, 1.82) is 0 Å². The van der Waals surface area contributed by atoms with Crippen LogP contribution in [0.4, 0.5) is 0 Å². The Bertz CT molecular complexity index is 303. The highest BCUT2D eigenvalue weighted by Crippen LogP contribution is 2.46. The van der Waals surface area contributed by atoms with E-state index < -0.39 is 18.6 Å². The third kappa shape index (κ3) is 7.42. The summed E-state index contributed by atoms with van der Waals surface area (Å²) in [6, 6.07) is 0. The summed E-state index contributed by atoms with van der Waals surface area (Å²) in [6.45, 7) is 9.10. The second-order valence-electron chi connectivity index (χ2n) is 6.89. The van der Waals surface area contributed by atoms with Crippen LogP contribution >= 0.6 is 21.6 Å². The van der Waals surface area contributed by atoms with Gasteiger partial charge in [-0.05, 0) is 38.5 Å². The smallest absolute Gasteiger partial charge is 0.327 e. The van der Waals surface area contributed by atoms with Crippen LogP contribution < -0.4 is 0 Å². The average Bonchev–Trinajstić information content (AvgIpc) is 2.69. The lowest BCUT2D eigenvalue weighted by Crippen LogP contribution is -2.37. The van der Waals surface area contributed by atoms with Crippen molar-refractivity contribution in [1.82, 2.24) is 0 Å². The molecule has 158 valence electrons. The topological polar surface area (TPSA) is 36.9 Å². The van der Waals surface area contributed by atoms with Crippen molar-refractivity contribution in [3.05, 3.63) is 0 Å². The molecule has 0 radical (unpaired) electrons. The SMILES string of the molecule is CCC(CC)(CCSSCCC(CC)(CC)[SiH](OC)OC)[SiH](OC)OC. The fourth-order valence-corrected chi connectivity index (χ4v) is 11.2. The molecule has 8 heteroatoms. The van der Waals surface area contributed by atoms with Crippen molar-refractivity contribution >= 4 is 40.2 Å². The lowest BCUT2D eigenvalue weighted by atomic mass is 9.99. The Kier molecular flexibility index (Phi) is 15.5. The zero-order valence-corrected chi connectivity index (χ0v) is 22.2. The quantitative estimate of drug-likeness (QED) is 0.173. The highest BCUT2D eigenvalue weighted by molar-refractivity contribution is 8.76. The highest BCUT2D eigenvalue weighted by atomic mass is 33.1. The van der Waals surface area contributed by atoms with Crippen LogP contribution in [0, 0.1) is 0 Å². The van der Waals surface area contributed by atoms with Crippen LogP contribution in [0.25, 0.3) is 0 Å². The van der Waals surface area contributed by atoms with E-state index in [-0.39, 0.29) is 10.1 Å². The summed E-state index contributed by atoms with van der Waals surface area (Å²) < 4.78 is 22.9. The molecule has 0 aliphatic carbocycles.